The van der Waals surface area contributed by atoms with Crippen molar-refractivity contribution in [1.29, 1.82) is 0 Å². The summed E-state index contributed by atoms with van der Waals surface area (Å²) in [6.45, 7) is 2.96. The van der Waals surface area contributed by atoms with Gasteiger partial charge in [-0.15, -0.1) is 0 Å². The van der Waals surface area contributed by atoms with Gasteiger partial charge in [0.2, 0.25) is 0 Å². The SMILES string of the molecule is O=[N+]([O-])c1cccc(/C=C2/CCC(/C=N\Nc3ccc4ccccc4n3)=C2N2CCOCC2)c1. The second kappa shape index (κ2) is 9.84. The van der Waals surface area contributed by atoms with Gasteiger partial charge in [-0.1, -0.05) is 30.3 Å². The van der Waals surface area contributed by atoms with Crippen LogP contribution in [-0.2, 0) is 4.74 Å². The summed E-state index contributed by atoms with van der Waals surface area (Å²) in [6.07, 6.45) is 5.63. The summed E-state index contributed by atoms with van der Waals surface area (Å²) in [7, 11) is 0. The third-order valence-corrected chi connectivity index (χ3v) is 6.02. The number of ether oxygens (including phenoxy) is 1. The van der Waals surface area contributed by atoms with Crippen molar-refractivity contribution < 1.29 is 9.66 Å². The molecule has 2 heterocycles. The molecule has 2 aliphatic rings. The maximum absolute atomic E-state index is 11.2. The minimum Gasteiger partial charge on any atom is -0.378 e. The van der Waals surface area contributed by atoms with E-state index in [0.717, 1.165) is 59.2 Å². The summed E-state index contributed by atoms with van der Waals surface area (Å²) in [5, 5.41) is 16.8. The summed E-state index contributed by atoms with van der Waals surface area (Å²) < 4.78 is 5.55. The molecule has 1 saturated heterocycles. The Morgan fingerprint density at radius 3 is 2.76 bits per heavy atom. The molecule has 3 aromatic rings. The average molecular weight is 456 g/mol. The van der Waals surface area contributed by atoms with E-state index in [1.54, 1.807) is 12.1 Å². The van der Waals surface area contributed by atoms with Gasteiger partial charge in [0.05, 0.1) is 29.9 Å². The number of hydrogen-bond donors (Lipinski definition) is 1. The van der Waals surface area contributed by atoms with Crippen molar-refractivity contribution in [2.45, 2.75) is 12.8 Å². The van der Waals surface area contributed by atoms with Crippen LogP contribution in [0.2, 0.25) is 0 Å². The lowest BCUT2D eigenvalue weighted by Gasteiger charge is -2.31. The molecule has 2 aromatic carbocycles. The number of pyridine rings is 1. The zero-order chi connectivity index (χ0) is 23.3. The first-order chi connectivity index (χ1) is 16.7. The number of morpholine rings is 1. The highest BCUT2D eigenvalue weighted by Crippen LogP contribution is 2.35. The molecular formula is C26H25N5O3. The lowest BCUT2D eigenvalue weighted by atomic mass is 10.1. The van der Waals surface area contributed by atoms with Gasteiger partial charge < -0.3 is 9.64 Å². The smallest absolute Gasteiger partial charge is 0.270 e. The van der Waals surface area contributed by atoms with E-state index >= 15 is 0 Å². The normalized spacial score (nSPS) is 17.8. The Bertz CT molecular complexity index is 1310. The largest absolute Gasteiger partial charge is 0.378 e. The Kier molecular flexibility index (Phi) is 6.31. The third kappa shape index (κ3) is 4.82. The number of nitrogens with zero attached hydrogens (tertiary/aromatic N) is 4. The number of non-ortho nitro benzene ring substituents is 1. The number of anilines is 1. The van der Waals surface area contributed by atoms with E-state index in [0.29, 0.717) is 19.0 Å². The summed E-state index contributed by atoms with van der Waals surface area (Å²) in [5.74, 6) is 0.689. The van der Waals surface area contributed by atoms with Crippen LogP contribution in [0.5, 0.6) is 0 Å². The number of hydrazone groups is 1. The molecule has 0 saturated carbocycles. The van der Waals surface area contributed by atoms with Crippen molar-refractivity contribution in [1.82, 2.24) is 9.88 Å². The van der Waals surface area contributed by atoms with E-state index in [1.165, 1.54) is 6.07 Å². The van der Waals surface area contributed by atoms with Gasteiger partial charge in [-0.2, -0.15) is 5.10 Å². The predicted octanol–water partition coefficient (Wildman–Crippen LogP) is 5.00. The van der Waals surface area contributed by atoms with Crippen LogP contribution in [0, 0.1) is 10.1 Å². The molecule has 1 aliphatic carbocycles. The molecule has 34 heavy (non-hydrogen) atoms. The number of allylic oxidation sites excluding steroid dienone is 2. The number of aromatic nitrogens is 1. The van der Waals surface area contributed by atoms with Crippen LogP contribution in [0.1, 0.15) is 18.4 Å². The molecule has 0 bridgehead atoms. The molecule has 172 valence electrons. The molecule has 1 aromatic heterocycles. The summed E-state index contributed by atoms with van der Waals surface area (Å²) in [6, 6.07) is 18.7. The lowest BCUT2D eigenvalue weighted by molar-refractivity contribution is -0.384. The summed E-state index contributed by atoms with van der Waals surface area (Å²) >= 11 is 0. The molecule has 0 spiro atoms. The Morgan fingerprint density at radius 1 is 1.06 bits per heavy atom. The van der Waals surface area contributed by atoms with Gasteiger partial charge in [-0.05, 0) is 53.8 Å². The van der Waals surface area contributed by atoms with Crippen molar-refractivity contribution in [3.63, 3.8) is 0 Å². The fraction of sp³-hybridized carbons (Fsp3) is 0.231. The minimum atomic E-state index is -0.361. The number of nitrogens with one attached hydrogen (secondary N) is 1. The molecule has 0 atom stereocenters. The molecule has 0 unspecified atom stereocenters. The number of fused-ring (bicyclic) bond motifs is 1. The maximum atomic E-state index is 11.2. The molecule has 5 rings (SSSR count). The topological polar surface area (TPSA) is 92.9 Å². The van der Waals surface area contributed by atoms with Gasteiger partial charge in [-0.3, -0.25) is 15.5 Å². The van der Waals surface area contributed by atoms with Gasteiger partial charge in [0.15, 0.2) is 0 Å². The first-order valence-electron chi connectivity index (χ1n) is 11.3. The number of nitro groups is 1. The molecule has 1 aliphatic heterocycles. The van der Waals surface area contributed by atoms with E-state index in [9.17, 15) is 10.1 Å². The zero-order valence-electron chi connectivity index (χ0n) is 18.7. The zero-order valence-corrected chi connectivity index (χ0v) is 18.7. The molecular weight excluding hydrogens is 430 g/mol. The number of para-hydroxylation sites is 1. The summed E-state index contributed by atoms with van der Waals surface area (Å²) in [4.78, 5) is 17.8. The Labute approximate surface area is 197 Å². The van der Waals surface area contributed by atoms with Gasteiger partial charge in [0.1, 0.15) is 5.82 Å². The van der Waals surface area contributed by atoms with E-state index in [4.69, 9.17) is 4.74 Å². The first-order valence-corrected chi connectivity index (χ1v) is 11.3. The van der Waals surface area contributed by atoms with Crippen LogP contribution in [0.25, 0.3) is 17.0 Å². The highest BCUT2D eigenvalue weighted by atomic mass is 16.6. The standard InChI is InChI=1S/C26H25N5O3/c32-31(33)23-6-3-4-19(17-23)16-21-8-9-22(26(21)30-12-14-34-15-13-30)18-27-29-25-11-10-20-5-1-2-7-24(20)28-25/h1-7,10-11,16-18H,8-9,12-15H2,(H,28,29)/b21-16-,27-18-. The van der Waals surface area contributed by atoms with E-state index in [-0.39, 0.29) is 10.6 Å². The number of rotatable bonds is 6. The van der Waals surface area contributed by atoms with Gasteiger partial charge in [-0.25, -0.2) is 4.98 Å². The summed E-state index contributed by atoms with van der Waals surface area (Å²) in [5.41, 5.74) is 8.33. The minimum absolute atomic E-state index is 0.0955. The number of benzene rings is 2. The second-order valence-electron chi connectivity index (χ2n) is 8.25. The Hall–Kier alpha value is -4.04. The van der Waals surface area contributed by atoms with Gasteiger partial charge in [0, 0.05) is 36.3 Å². The number of hydrogen-bond acceptors (Lipinski definition) is 7. The highest BCUT2D eigenvalue weighted by Gasteiger charge is 2.25. The van der Waals surface area contributed by atoms with Crippen LogP contribution in [0.15, 0.2) is 82.6 Å². The molecule has 8 heteroatoms. The maximum Gasteiger partial charge on any atom is 0.270 e. The van der Waals surface area contributed by atoms with E-state index < -0.39 is 0 Å². The second-order valence-corrected chi connectivity index (χ2v) is 8.25. The first kappa shape index (κ1) is 21.8. The average Bonchev–Trinajstić information content (AvgIpc) is 3.26. The Balaban J connectivity index is 1.42. The van der Waals surface area contributed by atoms with Crippen molar-refractivity contribution in [3.05, 3.63) is 93.2 Å². The van der Waals surface area contributed by atoms with Crippen molar-refractivity contribution in [2.24, 2.45) is 5.10 Å². The number of nitro benzene ring substituents is 1. The Morgan fingerprint density at radius 2 is 1.91 bits per heavy atom. The fourth-order valence-electron chi connectivity index (χ4n) is 4.41. The van der Waals surface area contributed by atoms with Crippen LogP contribution < -0.4 is 5.43 Å². The lowest BCUT2D eigenvalue weighted by Crippen LogP contribution is -2.36. The third-order valence-electron chi connectivity index (χ3n) is 6.02. The van der Waals surface area contributed by atoms with E-state index in [1.807, 2.05) is 48.7 Å². The quantitative estimate of drug-likeness (QED) is 0.319. The van der Waals surface area contributed by atoms with Crippen molar-refractivity contribution in [3.8, 4) is 0 Å². The van der Waals surface area contributed by atoms with Gasteiger partial charge in [0.25, 0.3) is 5.69 Å². The molecule has 1 fully saturated rings. The van der Waals surface area contributed by atoms with Crippen LogP contribution >= 0.6 is 0 Å². The van der Waals surface area contributed by atoms with Crippen LogP contribution in [0.3, 0.4) is 0 Å². The predicted molar refractivity (Wildman–Crippen MR) is 134 cm³/mol. The fourth-order valence-corrected chi connectivity index (χ4v) is 4.41. The van der Waals surface area contributed by atoms with E-state index in [2.05, 4.69) is 26.5 Å². The molecule has 8 nitrogen and oxygen atoms in total. The van der Waals surface area contributed by atoms with Crippen LogP contribution in [0.4, 0.5) is 11.5 Å². The highest BCUT2D eigenvalue weighted by molar-refractivity contribution is 5.85. The molecule has 1 N–H and O–H groups in total. The molecule has 0 amide bonds. The van der Waals surface area contributed by atoms with Crippen molar-refractivity contribution >= 4 is 34.7 Å². The monoisotopic (exact) mass is 455 g/mol. The van der Waals surface area contributed by atoms with Crippen LogP contribution in [-0.4, -0.2) is 47.3 Å². The molecule has 0 radical (unpaired) electrons. The van der Waals surface area contributed by atoms with Crippen molar-refractivity contribution in [2.75, 3.05) is 31.7 Å². The van der Waals surface area contributed by atoms with Gasteiger partial charge >= 0.3 is 0 Å².